The van der Waals surface area contributed by atoms with E-state index >= 15 is 0 Å². The van der Waals surface area contributed by atoms with Crippen molar-refractivity contribution in [2.75, 3.05) is 31.1 Å². The first-order valence-corrected chi connectivity index (χ1v) is 7.23. The molecule has 0 amide bonds. The minimum Gasteiger partial charge on any atom is -0.358 e. The van der Waals surface area contributed by atoms with E-state index in [0.29, 0.717) is 5.82 Å². The highest BCUT2D eigenvalue weighted by atomic mass is 16.6. The highest BCUT2D eigenvalue weighted by Gasteiger charge is 2.39. The number of anilines is 1. The van der Waals surface area contributed by atoms with Gasteiger partial charge in [-0.2, -0.15) is 0 Å². The van der Waals surface area contributed by atoms with E-state index in [1.54, 1.807) is 4.57 Å². The van der Waals surface area contributed by atoms with Crippen molar-refractivity contribution in [1.82, 2.24) is 14.9 Å². The van der Waals surface area contributed by atoms with Crippen molar-refractivity contribution < 1.29 is 4.92 Å². The normalized spacial score (nSPS) is 26.9. The number of aromatic nitrogens is 2. The van der Waals surface area contributed by atoms with Crippen LogP contribution >= 0.6 is 0 Å². The SMILES string of the molecule is Cn1cnc([N+](=O)[O-])c1N1CCCC2(CCCNC2)C1. The first-order chi connectivity index (χ1) is 9.61. The van der Waals surface area contributed by atoms with Gasteiger partial charge in [0.15, 0.2) is 0 Å². The zero-order valence-corrected chi connectivity index (χ0v) is 11.8. The van der Waals surface area contributed by atoms with E-state index < -0.39 is 0 Å². The molecule has 0 saturated carbocycles. The number of nitrogens with zero attached hydrogens (tertiary/aromatic N) is 4. The standard InChI is InChI=1S/C13H21N5O2/c1-16-10-15-11(18(19)20)12(16)17-7-3-5-13(9-17)4-2-6-14-8-13/h10,14H,2-9H2,1H3. The first kappa shape index (κ1) is 13.4. The van der Waals surface area contributed by atoms with Crippen LogP contribution in [0.25, 0.3) is 0 Å². The number of piperidine rings is 2. The molecule has 2 aliphatic rings. The molecule has 1 unspecified atom stereocenters. The van der Waals surface area contributed by atoms with Crippen LogP contribution in [-0.4, -0.2) is 40.7 Å². The first-order valence-electron chi connectivity index (χ1n) is 7.23. The molecule has 2 saturated heterocycles. The third kappa shape index (κ3) is 2.26. The van der Waals surface area contributed by atoms with Crippen LogP contribution in [0, 0.1) is 15.5 Å². The van der Waals surface area contributed by atoms with Crippen LogP contribution in [0.3, 0.4) is 0 Å². The van der Waals surface area contributed by atoms with Crippen LogP contribution in [0.4, 0.5) is 11.6 Å². The van der Waals surface area contributed by atoms with Crippen molar-refractivity contribution in [3.63, 3.8) is 0 Å². The zero-order valence-electron chi connectivity index (χ0n) is 11.8. The van der Waals surface area contributed by atoms with Crippen LogP contribution in [-0.2, 0) is 7.05 Å². The van der Waals surface area contributed by atoms with Crippen LogP contribution in [0.5, 0.6) is 0 Å². The maximum Gasteiger partial charge on any atom is 0.406 e. The minimum absolute atomic E-state index is 0.0201. The lowest BCUT2D eigenvalue weighted by Gasteiger charge is -2.45. The molecular weight excluding hydrogens is 258 g/mol. The number of aryl methyl sites for hydroxylation is 1. The van der Waals surface area contributed by atoms with Gasteiger partial charge in [0, 0.05) is 32.1 Å². The molecule has 20 heavy (non-hydrogen) atoms. The molecule has 3 heterocycles. The summed E-state index contributed by atoms with van der Waals surface area (Å²) in [5, 5.41) is 14.6. The Morgan fingerprint density at radius 1 is 1.45 bits per heavy atom. The Hall–Kier alpha value is -1.63. The fourth-order valence-corrected chi connectivity index (χ4v) is 3.67. The number of hydrogen-bond acceptors (Lipinski definition) is 5. The molecule has 1 aromatic rings. The number of rotatable bonds is 2. The van der Waals surface area contributed by atoms with Gasteiger partial charge in [0.25, 0.3) is 0 Å². The van der Waals surface area contributed by atoms with E-state index in [2.05, 4.69) is 15.2 Å². The van der Waals surface area contributed by atoms with E-state index in [-0.39, 0.29) is 16.2 Å². The van der Waals surface area contributed by atoms with Crippen molar-refractivity contribution in [2.45, 2.75) is 25.7 Å². The van der Waals surface area contributed by atoms with Gasteiger partial charge in [0.2, 0.25) is 12.1 Å². The number of hydrogen-bond donors (Lipinski definition) is 1. The molecule has 7 nitrogen and oxygen atoms in total. The molecule has 0 radical (unpaired) electrons. The molecule has 110 valence electrons. The second kappa shape index (κ2) is 5.05. The van der Waals surface area contributed by atoms with Gasteiger partial charge in [-0.3, -0.25) is 4.57 Å². The van der Waals surface area contributed by atoms with Gasteiger partial charge in [0.05, 0.1) is 0 Å². The maximum absolute atomic E-state index is 11.1. The Morgan fingerprint density at radius 3 is 2.95 bits per heavy atom. The van der Waals surface area contributed by atoms with Crippen LogP contribution in [0.1, 0.15) is 25.7 Å². The molecule has 1 spiro atoms. The lowest BCUT2D eigenvalue weighted by atomic mass is 9.74. The fourth-order valence-electron chi connectivity index (χ4n) is 3.67. The highest BCUT2D eigenvalue weighted by molar-refractivity contribution is 5.55. The summed E-state index contributed by atoms with van der Waals surface area (Å²) in [6.07, 6.45) is 6.24. The number of imidazole rings is 1. The molecule has 0 aliphatic carbocycles. The van der Waals surface area contributed by atoms with Crippen molar-refractivity contribution in [1.29, 1.82) is 0 Å². The van der Waals surface area contributed by atoms with E-state index in [1.165, 1.54) is 25.6 Å². The zero-order chi connectivity index (χ0) is 14.2. The summed E-state index contributed by atoms with van der Waals surface area (Å²) in [5.41, 5.74) is 0.272. The van der Waals surface area contributed by atoms with Gasteiger partial charge in [-0.05, 0) is 42.1 Å². The van der Waals surface area contributed by atoms with E-state index in [1.807, 2.05) is 7.05 Å². The summed E-state index contributed by atoms with van der Waals surface area (Å²) in [5.74, 6) is 0.632. The predicted octanol–water partition coefficient (Wildman–Crippen LogP) is 1.30. The average molecular weight is 279 g/mol. The molecule has 1 atom stereocenters. The summed E-state index contributed by atoms with van der Waals surface area (Å²) in [7, 11) is 1.83. The Balaban J connectivity index is 1.87. The summed E-state index contributed by atoms with van der Waals surface area (Å²) in [4.78, 5) is 16.8. The Morgan fingerprint density at radius 2 is 2.25 bits per heavy atom. The van der Waals surface area contributed by atoms with Gasteiger partial charge in [0.1, 0.15) is 0 Å². The summed E-state index contributed by atoms with van der Waals surface area (Å²) in [6.45, 7) is 3.88. The van der Waals surface area contributed by atoms with Crippen LogP contribution < -0.4 is 10.2 Å². The third-order valence-electron chi connectivity index (χ3n) is 4.58. The molecule has 1 N–H and O–H groups in total. The molecule has 1 aromatic heterocycles. The predicted molar refractivity (Wildman–Crippen MR) is 75.8 cm³/mol. The maximum atomic E-state index is 11.1. The van der Waals surface area contributed by atoms with Gasteiger partial charge in [-0.15, -0.1) is 0 Å². The van der Waals surface area contributed by atoms with Gasteiger partial charge < -0.3 is 20.3 Å². The Labute approximate surface area is 118 Å². The van der Waals surface area contributed by atoms with Gasteiger partial charge >= 0.3 is 5.82 Å². The van der Waals surface area contributed by atoms with E-state index in [4.69, 9.17) is 0 Å². The van der Waals surface area contributed by atoms with Crippen LogP contribution in [0.15, 0.2) is 6.33 Å². The molecule has 0 bridgehead atoms. The quantitative estimate of drug-likeness (QED) is 0.652. The molecule has 2 fully saturated rings. The lowest BCUT2D eigenvalue weighted by molar-refractivity contribution is -0.388. The number of nitrogens with one attached hydrogen (secondary N) is 1. The largest absolute Gasteiger partial charge is 0.406 e. The third-order valence-corrected chi connectivity index (χ3v) is 4.58. The summed E-state index contributed by atoms with van der Waals surface area (Å²) >= 11 is 0. The van der Waals surface area contributed by atoms with E-state index in [0.717, 1.165) is 32.6 Å². The Bertz CT molecular complexity index is 501. The smallest absolute Gasteiger partial charge is 0.358 e. The average Bonchev–Trinajstić information content (AvgIpc) is 2.82. The summed E-state index contributed by atoms with van der Waals surface area (Å²) < 4.78 is 1.77. The Kier molecular flexibility index (Phi) is 3.37. The lowest BCUT2D eigenvalue weighted by Crippen LogP contribution is -2.51. The molecule has 3 rings (SSSR count). The monoisotopic (exact) mass is 279 g/mol. The van der Waals surface area contributed by atoms with Crippen LogP contribution in [0.2, 0.25) is 0 Å². The van der Waals surface area contributed by atoms with Crippen molar-refractivity contribution in [3.05, 3.63) is 16.4 Å². The van der Waals surface area contributed by atoms with Crippen molar-refractivity contribution >= 4 is 11.6 Å². The molecule has 0 aromatic carbocycles. The topological polar surface area (TPSA) is 76.2 Å². The summed E-state index contributed by atoms with van der Waals surface area (Å²) in [6, 6.07) is 0. The number of nitro groups is 1. The fraction of sp³-hybridized carbons (Fsp3) is 0.769. The minimum atomic E-state index is -0.379. The second-order valence-corrected chi connectivity index (χ2v) is 6.07. The molecule has 7 heteroatoms. The van der Waals surface area contributed by atoms with E-state index in [9.17, 15) is 10.1 Å². The molecular formula is C13H21N5O2. The van der Waals surface area contributed by atoms with Crippen molar-refractivity contribution in [2.24, 2.45) is 12.5 Å². The van der Waals surface area contributed by atoms with Gasteiger partial charge in [-0.1, -0.05) is 0 Å². The van der Waals surface area contributed by atoms with Gasteiger partial charge in [-0.25, -0.2) is 0 Å². The second-order valence-electron chi connectivity index (χ2n) is 6.07. The van der Waals surface area contributed by atoms with Crippen molar-refractivity contribution in [3.8, 4) is 0 Å². The highest BCUT2D eigenvalue weighted by Crippen LogP contribution is 2.39. The molecule has 2 aliphatic heterocycles.